The van der Waals surface area contributed by atoms with Crippen LogP contribution in [0.2, 0.25) is 0 Å². The first-order valence-electron chi connectivity index (χ1n) is 3.56. The van der Waals surface area contributed by atoms with Gasteiger partial charge in [-0.15, -0.1) is 0 Å². The van der Waals surface area contributed by atoms with Gasteiger partial charge >= 0.3 is 6.18 Å². The van der Waals surface area contributed by atoms with Crippen molar-refractivity contribution in [3.8, 4) is 0 Å². The van der Waals surface area contributed by atoms with Crippen molar-refractivity contribution in [1.29, 1.82) is 0 Å². The number of rotatable bonds is 6. The summed E-state index contributed by atoms with van der Waals surface area (Å²) in [6.07, 6.45) is -3.91. The van der Waals surface area contributed by atoms with E-state index in [0.717, 1.165) is 0 Å². The Kier molecular flexibility index (Phi) is 5.32. The van der Waals surface area contributed by atoms with Gasteiger partial charge in [0, 0.05) is 12.2 Å². The highest BCUT2D eigenvalue weighted by Gasteiger charge is 2.26. The topological polar surface area (TPSA) is 41.1 Å². The van der Waals surface area contributed by atoms with Crippen LogP contribution in [0, 0.1) is 0 Å². The first-order chi connectivity index (χ1) is 6.37. The number of hydrogen-bond donors (Lipinski definition) is 2. The van der Waals surface area contributed by atoms with E-state index in [0.29, 0.717) is 6.41 Å². The lowest BCUT2D eigenvalue weighted by atomic mass is 10.3. The maximum atomic E-state index is 11.7. The van der Waals surface area contributed by atoms with Crippen LogP contribution in [0.3, 0.4) is 0 Å². The fourth-order valence-corrected chi connectivity index (χ4v) is 0.737. The van der Waals surface area contributed by atoms with Crippen molar-refractivity contribution in [3.05, 3.63) is 12.3 Å². The van der Waals surface area contributed by atoms with Crippen LogP contribution in [0.5, 0.6) is 0 Å². The maximum absolute atomic E-state index is 11.7. The van der Waals surface area contributed by atoms with E-state index in [1.807, 2.05) is 0 Å². The van der Waals surface area contributed by atoms with E-state index in [2.05, 4.69) is 29.4 Å². The molecule has 0 aliphatic carbocycles. The Morgan fingerprint density at radius 2 is 2.07 bits per heavy atom. The number of hydrogen-bond acceptors (Lipinski definition) is 3. The van der Waals surface area contributed by atoms with E-state index >= 15 is 0 Å². The van der Waals surface area contributed by atoms with Crippen LogP contribution in [-0.2, 0) is 4.79 Å². The molecule has 0 heterocycles. The molecule has 0 bridgehead atoms. The maximum Gasteiger partial charge on any atom is 0.401 e. The molecule has 2 N–H and O–H groups in total. The Bertz CT molecular complexity index is 240. The first-order valence-corrected chi connectivity index (χ1v) is 3.97. The fourth-order valence-electron chi connectivity index (χ4n) is 0.576. The van der Waals surface area contributed by atoms with Crippen molar-refractivity contribution in [2.24, 2.45) is 0 Å². The van der Waals surface area contributed by atoms with Crippen LogP contribution >= 0.6 is 12.2 Å². The van der Waals surface area contributed by atoms with Gasteiger partial charge < -0.3 is 10.6 Å². The molecule has 0 fully saturated rings. The molecule has 0 radical (unpaired) electrons. The van der Waals surface area contributed by atoms with Crippen molar-refractivity contribution in [2.45, 2.75) is 6.18 Å². The monoisotopic (exact) mass is 226 g/mol. The summed E-state index contributed by atoms with van der Waals surface area (Å²) < 4.78 is 35.0. The minimum absolute atomic E-state index is 0.129. The van der Waals surface area contributed by atoms with Crippen molar-refractivity contribution < 1.29 is 18.0 Å². The zero-order valence-electron chi connectivity index (χ0n) is 7.15. The quantitative estimate of drug-likeness (QED) is 0.399. The number of alkyl halides is 3. The normalized spacial score (nSPS) is 10.8. The van der Waals surface area contributed by atoms with Crippen molar-refractivity contribution >= 4 is 23.5 Å². The molecule has 80 valence electrons. The molecular formula is C7H9F3N2OS. The number of carbonyl (C=O) groups is 1. The van der Waals surface area contributed by atoms with Gasteiger partial charge in [0.05, 0.1) is 11.4 Å². The third kappa shape index (κ3) is 6.55. The Morgan fingerprint density at radius 1 is 1.50 bits per heavy atom. The first kappa shape index (κ1) is 13.1. The highest BCUT2D eigenvalue weighted by Crippen LogP contribution is 2.11. The largest absolute Gasteiger partial charge is 0.401 e. The van der Waals surface area contributed by atoms with E-state index in [-0.39, 0.29) is 17.1 Å². The second-order valence-corrected chi connectivity index (χ2v) is 2.88. The van der Waals surface area contributed by atoms with E-state index in [9.17, 15) is 18.0 Å². The van der Waals surface area contributed by atoms with E-state index in [1.54, 1.807) is 0 Å². The molecule has 0 aliphatic rings. The van der Waals surface area contributed by atoms with Gasteiger partial charge in [-0.3, -0.25) is 4.79 Å². The SMILES string of the molecule is C=C(NC=O)C(=S)CNCC(F)(F)F. The Labute approximate surface area is 84.4 Å². The van der Waals surface area contributed by atoms with Crippen LogP contribution in [0.15, 0.2) is 12.3 Å². The van der Waals surface area contributed by atoms with Gasteiger partial charge in [0.25, 0.3) is 0 Å². The molecule has 0 aliphatic heterocycles. The average molecular weight is 226 g/mol. The molecule has 0 aromatic rings. The lowest BCUT2D eigenvalue weighted by molar-refractivity contribution is -0.124. The van der Waals surface area contributed by atoms with Gasteiger partial charge in [-0.25, -0.2) is 0 Å². The summed E-state index contributed by atoms with van der Waals surface area (Å²) in [7, 11) is 0. The van der Waals surface area contributed by atoms with Crippen molar-refractivity contribution in [2.75, 3.05) is 13.1 Å². The summed E-state index contributed by atoms with van der Waals surface area (Å²) in [5.41, 5.74) is 0.129. The molecule has 0 aromatic heterocycles. The lowest BCUT2D eigenvalue weighted by Gasteiger charge is -2.09. The summed E-state index contributed by atoms with van der Waals surface area (Å²) in [6, 6.07) is 0. The summed E-state index contributed by atoms with van der Waals surface area (Å²) in [4.78, 5) is 10.1. The van der Waals surface area contributed by atoms with E-state index in [1.165, 1.54) is 0 Å². The third-order valence-electron chi connectivity index (χ3n) is 1.18. The fraction of sp³-hybridized carbons (Fsp3) is 0.429. The molecule has 1 amide bonds. The second-order valence-electron chi connectivity index (χ2n) is 2.38. The molecule has 3 nitrogen and oxygen atoms in total. The van der Waals surface area contributed by atoms with Gasteiger partial charge in [0.2, 0.25) is 6.41 Å². The summed E-state index contributed by atoms with van der Waals surface area (Å²) in [5, 5.41) is 4.24. The molecule has 0 spiro atoms. The molecule has 0 rings (SSSR count). The Balaban J connectivity index is 3.75. The van der Waals surface area contributed by atoms with Crippen LogP contribution < -0.4 is 10.6 Å². The third-order valence-corrected chi connectivity index (χ3v) is 1.57. The molecule has 0 aromatic carbocycles. The van der Waals surface area contributed by atoms with Gasteiger partial charge in [0.15, 0.2) is 0 Å². The van der Waals surface area contributed by atoms with E-state index in [4.69, 9.17) is 0 Å². The second kappa shape index (κ2) is 5.71. The summed E-state index contributed by atoms with van der Waals surface area (Å²) in [5.74, 6) is 0. The van der Waals surface area contributed by atoms with Gasteiger partial charge in [-0.1, -0.05) is 18.8 Å². The molecule has 14 heavy (non-hydrogen) atoms. The minimum atomic E-state index is -4.27. The van der Waals surface area contributed by atoms with Crippen molar-refractivity contribution in [1.82, 2.24) is 10.6 Å². The van der Waals surface area contributed by atoms with Gasteiger partial charge in [-0.2, -0.15) is 13.2 Å². The van der Waals surface area contributed by atoms with E-state index < -0.39 is 12.7 Å². The molecule has 0 unspecified atom stereocenters. The standard InChI is InChI=1S/C7H9F3N2OS/c1-5(12-4-13)6(14)2-11-3-7(8,9)10/h4,11H,1-3H2,(H,12,13). The predicted molar refractivity (Wildman–Crippen MR) is 49.9 cm³/mol. The number of amides is 1. The van der Waals surface area contributed by atoms with Gasteiger partial charge in [-0.05, 0) is 0 Å². The zero-order valence-corrected chi connectivity index (χ0v) is 7.97. The number of nitrogens with one attached hydrogen (secondary N) is 2. The highest BCUT2D eigenvalue weighted by atomic mass is 32.1. The van der Waals surface area contributed by atoms with Crippen LogP contribution in [0.25, 0.3) is 0 Å². The lowest BCUT2D eigenvalue weighted by Crippen LogP contribution is -2.34. The zero-order chi connectivity index (χ0) is 11.2. The highest BCUT2D eigenvalue weighted by molar-refractivity contribution is 7.80. The molecular weight excluding hydrogens is 217 g/mol. The predicted octanol–water partition coefficient (Wildman–Crippen LogP) is 0.768. The molecule has 0 atom stereocenters. The number of thiocarbonyl (C=S) groups is 1. The Morgan fingerprint density at radius 3 is 2.50 bits per heavy atom. The van der Waals surface area contributed by atoms with Crippen LogP contribution in [0.1, 0.15) is 0 Å². The van der Waals surface area contributed by atoms with Crippen LogP contribution in [-0.4, -0.2) is 30.5 Å². The molecule has 0 saturated carbocycles. The van der Waals surface area contributed by atoms with Crippen molar-refractivity contribution in [3.63, 3.8) is 0 Å². The summed E-state index contributed by atoms with van der Waals surface area (Å²) >= 11 is 4.68. The average Bonchev–Trinajstić information content (AvgIpc) is 2.02. The summed E-state index contributed by atoms with van der Waals surface area (Å²) in [6.45, 7) is 2.09. The van der Waals surface area contributed by atoms with Crippen LogP contribution in [0.4, 0.5) is 13.2 Å². The smallest absolute Gasteiger partial charge is 0.328 e. The molecule has 0 saturated heterocycles. The Hall–Kier alpha value is -0.950. The van der Waals surface area contributed by atoms with Gasteiger partial charge in [0.1, 0.15) is 0 Å². The number of halogens is 3. The minimum Gasteiger partial charge on any atom is -0.328 e. The number of carbonyl (C=O) groups excluding carboxylic acids is 1. The molecule has 7 heteroatoms.